The molecule has 0 amide bonds. The Morgan fingerprint density at radius 3 is 1.40 bits per heavy atom. The van der Waals surface area contributed by atoms with Crippen LogP contribution in [0.2, 0.25) is 0 Å². The van der Waals surface area contributed by atoms with Crippen LogP contribution in [-0.4, -0.2) is 0 Å². The van der Waals surface area contributed by atoms with Gasteiger partial charge in [0.05, 0.1) is 0 Å². The Morgan fingerprint density at radius 2 is 1.08 bits per heavy atom. The van der Waals surface area contributed by atoms with Crippen LogP contribution in [0.5, 0.6) is 0 Å². The number of benzene rings is 2. The standard InChI is InChI=1S/C25H36/c1-15(2)22-13-20(14-23(16(3)4)19(22)7)24-17(5)11-21(12-18(24)6)25(8,9)10/h11-16H,1-10H3. The van der Waals surface area contributed by atoms with Gasteiger partial charge in [0.1, 0.15) is 0 Å². The first-order valence-corrected chi connectivity index (χ1v) is 9.70. The zero-order valence-corrected chi connectivity index (χ0v) is 18.0. The molecule has 0 saturated carbocycles. The first kappa shape index (κ1) is 19.8. The summed E-state index contributed by atoms with van der Waals surface area (Å²) in [6, 6.07) is 9.62. The van der Waals surface area contributed by atoms with Crippen LogP contribution in [0.15, 0.2) is 24.3 Å². The summed E-state index contributed by atoms with van der Waals surface area (Å²) in [6.07, 6.45) is 0. The Balaban J connectivity index is 2.74. The molecule has 136 valence electrons. The highest BCUT2D eigenvalue weighted by atomic mass is 14.2. The first-order valence-electron chi connectivity index (χ1n) is 9.70. The quantitative estimate of drug-likeness (QED) is 0.536. The second-order valence-corrected chi connectivity index (χ2v) is 9.32. The average molecular weight is 337 g/mol. The molecule has 25 heavy (non-hydrogen) atoms. The maximum Gasteiger partial charge on any atom is -0.0125 e. The molecule has 0 heterocycles. The maximum absolute atomic E-state index is 2.43. The molecule has 0 radical (unpaired) electrons. The fourth-order valence-corrected chi connectivity index (χ4v) is 3.96. The van der Waals surface area contributed by atoms with Crippen LogP contribution < -0.4 is 0 Å². The van der Waals surface area contributed by atoms with Crippen LogP contribution in [0.3, 0.4) is 0 Å². The summed E-state index contributed by atoms with van der Waals surface area (Å²) in [4.78, 5) is 0. The molecule has 2 rings (SSSR count). The highest BCUT2D eigenvalue weighted by molar-refractivity contribution is 5.74. The fourth-order valence-electron chi connectivity index (χ4n) is 3.96. The van der Waals surface area contributed by atoms with Gasteiger partial charge >= 0.3 is 0 Å². The van der Waals surface area contributed by atoms with E-state index >= 15 is 0 Å². The summed E-state index contributed by atoms with van der Waals surface area (Å²) < 4.78 is 0. The van der Waals surface area contributed by atoms with Crippen molar-refractivity contribution in [3.63, 3.8) is 0 Å². The van der Waals surface area contributed by atoms with Crippen LogP contribution in [0.1, 0.15) is 93.7 Å². The van der Waals surface area contributed by atoms with Crippen molar-refractivity contribution in [2.45, 2.75) is 86.5 Å². The summed E-state index contributed by atoms with van der Waals surface area (Å²) >= 11 is 0. The van der Waals surface area contributed by atoms with Gasteiger partial charge in [0.15, 0.2) is 0 Å². The molecule has 0 aliphatic rings. The maximum atomic E-state index is 2.43. The van der Waals surface area contributed by atoms with Crippen LogP contribution in [0, 0.1) is 20.8 Å². The van der Waals surface area contributed by atoms with Crippen molar-refractivity contribution in [3.05, 3.63) is 57.6 Å². The van der Waals surface area contributed by atoms with Gasteiger partial charge in [-0.1, -0.05) is 72.7 Å². The van der Waals surface area contributed by atoms with E-state index in [1.807, 2.05) is 0 Å². The van der Waals surface area contributed by atoms with Gasteiger partial charge in [0.25, 0.3) is 0 Å². The van der Waals surface area contributed by atoms with E-state index in [0.29, 0.717) is 11.8 Å². The molecule has 0 aromatic heterocycles. The van der Waals surface area contributed by atoms with Gasteiger partial charge in [-0.3, -0.25) is 0 Å². The Hall–Kier alpha value is -1.56. The number of hydrogen-bond donors (Lipinski definition) is 0. The van der Waals surface area contributed by atoms with Crippen molar-refractivity contribution in [3.8, 4) is 11.1 Å². The lowest BCUT2D eigenvalue weighted by molar-refractivity contribution is 0.589. The third kappa shape index (κ3) is 4.00. The molecule has 0 saturated heterocycles. The molecule has 0 fully saturated rings. The van der Waals surface area contributed by atoms with Crippen molar-refractivity contribution in [1.82, 2.24) is 0 Å². The zero-order valence-electron chi connectivity index (χ0n) is 18.0. The van der Waals surface area contributed by atoms with Gasteiger partial charge in [-0.15, -0.1) is 0 Å². The molecule has 0 aliphatic carbocycles. The van der Waals surface area contributed by atoms with Crippen molar-refractivity contribution in [1.29, 1.82) is 0 Å². The first-order chi connectivity index (χ1) is 11.4. The summed E-state index contributed by atoms with van der Waals surface area (Å²) in [6.45, 7) is 22.9. The van der Waals surface area contributed by atoms with Gasteiger partial charge in [-0.05, 0) is 82.5 Å². The van der Waals surface area contributed by atoms with Crippen molar-refractivity contribution >= 4 is 0 Å². The number of hydrogen-bond acceptors (Lipinski definition) is 0. The van der Waals surface area contributed by atoms with Gasteiger partial charge < -0.3 is 0 Å². The Bertz CT molecular complexity index is 715. The average Bonchev–Trinajstić information content (AvgIpc) is 2.46. The van der Waals surface area contributed by atoms with Gasteiger partial charge in [-0.2, -0.15) is 0 Å². The van der Waals surface area contributed by atoms with E-state index in [9.17, 15) is 0 Å². The summed E-state index contributed by atoms with van der Waals surface area (Å²) in [7, 11) is 0. The molecular weight excluding hydrogens is 300 g/mol. The summed E-state index contributed by atoms with van der Waals surface area (Å²) in [5, 5.41) is 0. The molecule has 0 heteroatoms. The fraction of sp³-hybridized carbons (Fsp3) is 0.520. The molecule has 0 aliphatic heterocycles. The minimum absolute atomic E-state index is 0.188. The lowest BCUT2D eigenvalue weighted by atomic mass is 9.81. The molecule has 2 aromatic rings. The lowest BCUT2D eigenvalue weighted by Gasteiger charge is -2.24. The smallest absolute Gasteiger partial charge is 0.0125 e. The molecule has 0 bridgehead atoms. The van der Waals surface area contributed by atoms with Crippen LogP contribution in [0.4, 0.5) is 0 Å². The van der Waals surface area contributed by atoms with Crippen molar-refractivity contribution < 1.29 is 0 Å². The van der Waals surface area contributed by atoms with E-state index in [-0.39, 0.29) is 5.41 Å². The lowest BCUT2D eigenvalue weighted by Crippen LogP contribution is -2.12. The Morgan fingerprint density at radius 1 is 0.680 bits per heavy atom. The van der Waals surface area contributed by atoms with E-state index < -0.39 is 0 Å². The molecule has 2 aromatic carbocycles. The van der Waals surface area contributed by atoms with Crippen LogP contribution in [-0.2, 0) is 5.41 Å². The topological polar surface area (TPSA) is 0 Å². The van der Waals surface area contributed by atoms with Gasteiger partial charge in [-0.25, -0.2) is 0 Å². The monoisotopic (exact) mass is 336 g/mol. The molecule has 0 spiro atoms. The van der Waals surface area contributed by atoms with E-state index in [1.54, 1.807) is 0 Å². The Kier molecular flexibility index (Phi) is 5.52. The zero-order chi connectivity index (χ0) is 19.1. The van der Waals surface area contributed by atoms with Gasteiger partial charge in [0.2, 0.25) is 0 Å². The van der Waals surface area contributed by atoms with Crippen molar-refractivity contribution in [2.75, 3.05) is 0 Å². The molecule has 0 nitrogen and oxygen atoms in total. The molecule has 0 N–H and O–H groups in total. The summed E-state index contributed by atoms with van der Waals surface area (Å²) in [5.41, 5.74) is 11.6. The largest absolute Gasteiger partial charge is 0.0587 e. The minimum Gasteiger partial charge on any atom is -0.0587 e. The van der Waals surface area contributed by atoms with E-state index in [4.69, 9.17) is 0 Å². The molecular formula is C25H36. The van der Waals surface area contributed by atoms with Crippen LogP contribution in [0.25, 0.3) is 11.1 Å². The van der Waals surface area contributed by atoms with Crippen LogP contribution >= 0.6 is 0 Å². The molecule has 0 unspecified atom stereocenters. The normalized spacial score (nSPS) is 12.3. The number of rotatable bonds is 3. The molecule has 0 atom stereocenters. The SMILES string of the molecule is Cc1cc(C(C)(C)C)cc(C)c1-c1cc(C(C)C)c(C)c(C(C)C)c1. The second-order valence-electron chi connectivity index (χ2n) is 9.32. The van der Waals surface area contributed by atoms with Gasteiger partial charge in [0, 0.05) is 0 Å². The highest BCUT2D eigenvalue weighted by Crippen LogP contribution is 2.37. The third-order valence-corrected chi connectivity index (χ3v) is 5.42. The second kappa shape index (κ2) is 6.98. The summed E-state index contributed by atoms with van der Waals surface area (Å²) in [5.74, 6) is 1.10. The highest BCUT2D eigenvalue weighted by Gasteiger charge is 2.19. The predicted molar refractivity (Wildman–Crippen MR) is 113 cm³/mol. The predicted octanol–water partition coefficient (Wildman–Crippen LogP) is 7.82. The Labute approximate surface area is 155 Å². The minimum atomic E-state index is 0.188. The van der Waals surface area contributed by atoms with E-state index in [0.717, 1.165) is 0 Å². The number of aryl methyl sites for hydroxylation is 2. The van der Waals surface area contributed by atoms with E-state index in [2.05, 4.69) is 93.5 Å². The van der Waals surface area contributed by atoms with E-state index in [1.165, 1.54) is 44.5 Å². The third-order valence-electron chi connectivity index (χ3n) is 5.42. The van der Waals surface area contributed by atoms with Crippen molar-refractivity contribution in [2.24, 2.45) is 0 Å².